The molecule has 0 saturated carbocycles. The summed E-state index contributed by atoms with van der Waals surface area (Å²) in [5, 5.41) is 2.50. The summed E-state index contributed by atoms with van der Waals surface area (Å²) >= 11 is 0. The van der Waals surface area contributed by atoms with Gasteiger partial charge in [0.1, 0.15) is 11.8 Å². The van der Waals surface area contributed by atoms with Crippen LogP contribution in [0.4, 0.5) is 23.7 Å². The summed E-state index contributed by atoms with van der Waals surface area (Å²) in [6.07, 6.45) is 2.68. The number of anilines is 1. The smallest absolute Gasteiger partial charge is 0.423 e. The maximum absolute atomic E-state index is 13.2. The molecule has 0 spiro atoms. The number of hydrogen-bond donors (Lipinski definition) is 1. The molecule has 1 aliphatic rings. The van der Waals surface area contributed by atoms with Crippen LogP contribution in [0.3, 0.4) is 0 Å². The average Bonchev–Trinajstić information content (AvgIpc) is 3.17. The molecular weight excluding hydrogens is 515 g/mol. The number of ether oxygens (including phenoxy) is 1. The molecule has 1 fully saturated rings. The zero-order valence-corrected chi connectivity index (χ0v) is 19.8. The first-order valence-electron chi connectivity index (χ1n) is 10.7. The molecule has 9 nitrogen and oxygen atoms in total. The molecule has 1 aliphatic heterocycles. The van der Waals surface area contributed by atoms with Gasteiger partial charge in [0, 0.05) is 18.3 Å². The number of esters is 1. The predicted molar refractivity (Wildman–Crippen MR) is 124 cm³/mol. The number of imide groups is 1. The number of rotatable bonds is 6. The Morgan fingerprint density at radius 1 is 1.05 bits per heavy atom. The van der Waals surface area contributed by atoms with E-state index in [9.17, 15) is 36.0 Å². The third-order valence-electron chi connectivity index (χ3n) is 5.70. The monoisotopic (exact) mass is 533 g/mol. The molecular formula is C24H18F3N3O6S. The zero-order chi connectivity index (χ0) is 27.0. The van der Waals surface area contributed by atoms with E-state index in [1.807, 2.05) is 0 Å². The molecule has 4 rings (SSSR count). The van der Waals surface area contributed by atoms with Gasteiger partial charge in [-0.05, 0) is 48.0 Å². The molecule has 1 aromatic heterocycles. The van der Waals surface area contributed by atoms with Gasteiger partial charge in [0.05, 0.1) is 16.1 Å². The summed E-state index contributed by atoms with van der Waals surface area (Å²) in [7, 11) is -5.59. The van der Waals surface area contributed by atoms with E-state index in [0.717, 1.165) is 12.1 Å². The van der Waals surface area contributed by atoms with Gasteiger partial charge in [0.15, 0.2) is 0 Å². The van der Waals surface area contributed by atoms with E-state index in [4.69, 9.17) is 4.74 Å². The zero-order valence-electron chi connectivity index (χ0n) is 19.0. The Balaban J connectivity index is 1.58. The van der Waals surface area contributed by atoms with Crippen LogP contribution in [0.2, 0.25) is 0 Å². The van der Waals surface area contributed by atoms with Crippen LogP contribution < -0.4 is 15.0 Å². The van der Waals surface area contributed by atoms with Gasteiger partial charge in [-0.3, -0.25) is 9.78 Å². The number of carbonyl (C=O) groups is 3. The maximum atomic E-state index is 13.2. The van der Waals surface area contributed by atoms with Gasteiger partial charge in [0.25, 0.3) is 15.7 Å². The number of alkyl halides is 3. The van der Waals surface area contributed by atoms with Crippen molar-refractivity contribution in [2.75, 3.05) is 4.90 Å². The normalized spacial score (nSPS) is 16.9. The van der Waals surface area contributed by atoms with Gasteiger partial charge in [-0.15, -0.1) is 0 Å². The molecule has 2 atom stereocenters. The van der Waals surface area contributed by atoms with E-state index in [1.54, 1.807) is 37.3 Å². The number of amides is 3. The van der Waals surface area contributed by atoms with E-state index in [1.165, 1.54) is 18.5 Å². The second-order valence-corrected chi connectivity index (χ2v) is 9.94. The highest BCUT2D eigenvalue weighted by atomic mass is 32.2. The Labute approximate surface area is 208 Å². The van der Waals surface area contributed by atoms with Crippen molar-refractivity contribution in [3.63, 3.8) is 0 Å². The lowest BCUT2D eigenvalue weighted by Crippen LogP contribution is -2.35. The average molecular weight is 533 g/mol. The van der Waals surface area contributed by atoms with Gasteiger partial charge in [0.2, 0.25) is 0 Å². The second-order valence-electron chi connectivity index (χ2n) is 8.00. The summed E-state index contributed by atoms with van der Waals surface area (Å²) < 4.78 is 67.0. The number of urea groups is 1. The van der Waals surface area contributed by atoms with Gasteiger partial charge < -0.3 is 10.1 Å². The van der Waals surface area contributed by atoms with E-state index in [0.29, 0.717) is 28.3 Å². The van der Waals surface area contributed by atoms with Crippen LogP contribution in [0, 0.1) is 0 Å². The summed E-state index contributed by atoms with van der Waals surface area (Å²) in [4.78, 5) is 42.2. The number of benzene rings is 2. The number of para-hydroxylation sites is 1. The second kappa shape index (κ2) is 9.65. The first-order valence-corrected chi connectivity index (χ1v) is 12.2. The molecule has 3 amide bonds. The van der Waals surface area contributed by atoms with Crippen molar-refractivity contribution in [2.24, 2.45) is 0 Å². The van der Waals surface area contributed by atoms with Crippen LogP contribution in [0.1, 0.15) is 28.8 Å². The molecule has 2 unspecified atom stereocenters. The lowest BCUT2D eigenvalue weighted by molar-refractivity contribution is -0.118. The number of halogens is 3. The van der Waals surface area contributed by atoms with Crippen LogP contribution in [-0.4, -0.2) is 42.9 Å². The number of carbonyl (C=O) groups excluding carboxylic acids is 3. The molecule has 0 bridgehead atoms. The molecule has 1 N–H and O–H groups in total. The molecule has 192 valence electrons. The topological polar surface area (TPSA) is 123 Å². The molecule has 2 heterocycles. The highest BCUT2D eigenvalue weighted by Gasteiger charge is 2.47. The first kappa shape index (κ1) is 25.8. The van der Waals surface area contributed by atoms with Gasteiger partial charge in [-0.2, -0.15) is 13.2 Å². The summed E-state index contributed by atoms with van der Waals surface area (Å²) in [5.41, 5.74) is -5.19. The summed E-state index contributed by atoms with van der Waals surface area (Å²) in [6.45, 7) is 1.60. The fourth-order valence-electron chi connectivity index (χ4n) is 3.79. The molecule has 3 aromatic rings. The maximum Gasteiger partial charge on any atom is 0.501 e. The van der Waals surface area contributed by atoms with Crippen LogP contribution >= 0.6 is 0 Å². The number of hydrogen-bond acceptors (Lipinski definition) is 7. The van der Waals surface area contributed by atoms with Crippen molar-refractivity contribution in [1.29, 1.82) is 0 Å². The Morgan fingerprint density at radius 3 is 2.32 bits per heavy atom. The Hall–Kier alpha value is -4.26. The minimum absolute atomic E-state index is 0.0704. The number of pyridine rings is 1. The van der Waals surface area contributed by atoms with Crippen LogP contribution in [0.5, 0.6) is 5.75 Å². The fraction of sp³-hybridized carbons (Fsp3) is 0.167. The lowest BCUT2D eigenvalue weighted by atomic mass is 9.90. The highest BCUT2D eigenvalue weighted by Crippen LogP contribution is 2.33. The molecule has 0 aliphatic carbocycles. The number of sulfone groups is 1. The third kappa shape index (κ3) is 4.89. The Kier molecular flexibility index (Phi) is 6.74. The SMILES string of the molecule is CC(c1ccncc1C(=O)Oc1ccccc1)C1NC(=O)N(c2ccc(S(=O)(=O)C(F)(F)F)cc2)C1=O. The molecule has 1 saturated heterocycles. The van der Waals surface area contributed by atoms with Crippen LogP contribution in [0.25, 0.3) is 0 Å². The predicted octanol–water partition coefficient (Wildman–Crippen LogP) is 3.82. The summed E-state index contributed by atoms with van der Waals surface area (Å²) in [6, 6.07) is 11.0. The van der Waals surface area contributed by atoms with Gasteiger partial charge in [-0.25, -0.2) is 22.9 Å². The number of nitrogens with zero attached hydrogens (tertiary/aromatic N) is 2. The molecule has 37 heavy (non-hydrogen) atoms. The van der Waals surface area contributed by atoms with Crippen molar-refractivity contribution < 1.29 is 40.7 Å². The number of nitrogens with one attached hydrogen (secondary N) is 1. The Morgan fingerprint density at radius 2 is 1.70 bits per heavy atom. The van der Waals surface area contributed by atoms with E-state index in [2.05, 4.69) is 10.3 Å². The standard InChI is InChI=1S/C24H18F3N3O6S/c1-14(18-11-12-28-13-19(18)22(32)36-16-5-3-2-4-6-16)20-21(31)30(23(33)29-20)15-7-9-17(10-8-15)37(34,35)24(25,26)27/h2-14,20H,1H3,(H,29,33). The van der Waals surface area contributed by atoms with E-state index < -0.39 is 50.1 Å². The molecule has 13 heteroatoms. The van der Waals surface area contributed by atoms with E-state index >= 15 is 0 Å². The molecule has 0 radical (unpaired) electrons. The fourth-order valence-corrected chi connectivity index (χ4v) is 4.55. The lowest BCUT2D eigenvalue weighted by Gasteiger charge is -2.20. The van der Waals surface area contributed by atoms with Crippen LogP contribution in [-0.2, 0) is 14.6 Å². The summed E-state index contributed by atoms with van der Waals surface area (Å²) in [5.74, 6) is -1.92. The molecule has 2 aromatic carbocycles. The third-order valence-corrected chi connectivity index (χ3v) is 7.20. The van der Waals surface area contributed by atoms with Crippen molar-refractivity contribution >= 4 is 33.4 Å². The Bertz CT molecular complexity index is 1460. The largest absolute Gasteiger partial charge is 0.501 e. The minimum atomic E-state index is -5.59. The quantitative estimate of drug-likeness (QED) is 0.290. The van der Waals surface area contributed by atoms with Crippen molar-refractivity contribution in [3.8, 4) is 5.75 Å². The van der Waals surface area contributed by atoms with Gasteiger partial charge >= 0.3 is 17.5 Å². The van der Waals surface area contributed by atoms with E-state index in [-0.39, 0.29) is 11.3 Å². The first-order chi connectivity index (χ1) is 17.4. The van der Waals surface area contributed by atoms with Crippen molar-refractivity contribution in [1.82, 2.24) is 10.3 Å². The van der Waals surface area contributed by atoms with Gasteiger partial charge in [-0.1, -0.05) is 25.1 Å². The minimum Gasteiger partial charge on any atom is -0.423 e. The highest BCUT2D eigenvalue weighted by molar-refractivity contribution is 7.92. The van der Waals surface area contributed by atoms with Crippen molar-refractivity contribution in [2.45, 2.75) is 29.3 Å². The van der Waals surface area contributed by atoms with Crippen molar-refractivity contribution in [3.05, 3.63) is 84.2 Å². The van der Waals surface area contributed by atoms with Crippen LogP contribution in [0.15, 0.2) is 78.0 Å². The number of aromatic nitrogens is 1.